The Morgan fingerprint density at radius 2 is 1.95 bits per heavy atom. The number of carboxylic acid groups (broad SMARTS) is 1. The molecule has 0 fully saturated rings. The van der Waals surface area contributed by atoms with Crippen molar-refractivity contribution in [2.75, 3.05) is 0 Å². The van der Waals surface area contributed by atoms with Crippen molar-refractivity contribution in [2.45, 2.75) is 49.3 Å². The van der Waals surface area contributed by atoms with E-state index in [9.17, 15) is 9.59 Å². The number of carbonyl (C=O) groups excluding carboxylic acids is 1. The summed E-state index contributed by atoms with van der Waals surface area (Å²) in [5.41, 5.74) is 0. The molecule has 21 heavy (non-hydrogen) atoms. The van der Waals surface area contributed by atoms with Gasteiger partial charge in [-0.2, -0.15) is 0 Å². The van der Waals surface area contributed by atoms with Gasteiger partial charge in [-0.3, -0.25) is 9.59 Å². The summed E-state index contributed by atoms with van der Waals surface area (Å²) in [6.45, 7) is 3.77. The van der Waals surface area contributed by atoms with Crippen LogP contribution < -0.4 is 5.32 Å². The van der Waals surface area contributed by atoms with Crippen molar-refractivity contribution in [1.29, 1.82) is 0 Å². The molecule has 0 aromatic heterocycles. The van der Waals surface area contributed by atoms with Gasteiger partial charge >= 0.3 is 5.97 Å². The summed E-state index contributed by atoms with van der Waals surface area (Å²) in [6, 6.07) is 6.96. The fourth-order valence-electron chi connectivity index (χ4n) is 1.87. The van der Waals surface area contributed by atoms with Crippen LogP contribution in [0.15, 0.2) is 29.2 Å². The first-order valence-electron chi connectivity index (χ1n) is 6.86. The van der Waals surface area contributed by atoms with Gasteiger partial charge in [-0.1, -0.05) is 24.9 Å². The maximum atomic E-state index is 12.1. The highest BCUT2D eigenvalue weighted by Crippen LogP contribution is 2.25. The third-order valence-corrected chi connectivity index (χ3v) is 4.26. The number of halogens is 1. The molecular formula is C15H20ClNO3S. The fraction of sp³-hybridized carbons (Fsp3) is 0.467. The fourth-order valence-corrected chi connectivity index (χ4v) is 2.88. The van der Waals surface area contributed by atoms with Gasteiger partial charge in [0.25, 0.3) is 0 Å². The zero-order chi connectivity index (χ0) is 15.8. The van der Waals surface area contributed by atoms with Gasteiger partial charge in [-0.15, -0.1) is 11.8 Å². The summed E-state index contributed by atoms with van der Waals surface area (Å²) in [6.07, 6.45) is 1.45. The van der Waals surface area contributed by atoms with E-state index < -0.39 is 5.97 Å². The van der Waals surface area contributed by atoms with Crippen LogP contribution >= 0.6 is 23.4 Å². The number of hydrogen-bond acceptors (Lipinski definition) is 3. The van der Waals surface area contributed by atoms with Crippen molar-refractivity contribution in [3.05, 3.63) is 29.3 Å². The molecule has 6 heteroatoms. The van der Waals surface area contributed by atoms with E-state index in [1.807, 2.05) is 19.1 Å². The maximum Gasteiger partial charge on any atom is 0.305 e. The quantitative estimate of drug-likeness (QED) is 0.715. The van der Waals surface area contributed by atoms with Crippen LogP contribution in [0, 0.1) is 0 Å². The van der Waals surface area contributed by atoms with Crippen molar-refractivity contribution in [3.63, 3.8) is 0 Å². The summed E-state index contributed by atoms with van der Waals surface area (Å²) in [4.78, 5) is 23.9. The topological polar surface area (TPSA) is 66.4 Å². The van der Waals surface area contributed by atoms with Gasteiger partial charge < -0.3 is 10.4 Å². The van der Waals surface area contributed by atoms with Crippen LogP contribution in [0.5, 0.6) is 0 Å². The Hall–Kier alpha value is -1.20. The molecule has 1 aromatic carbocycles. The number of thioether (sulfide) groups is 1. The van der Waals surface area contributed by atoms with Crippen LogP contribution in [0.1, 0.15) is 33.1 Å². The third-order valence-electron chi connectivity index (χ3n) is 2.90. The minimum Gasteiger partial charge on any atom is -0.481 e. The minimum absolute atomic E-state index is 0.0437. The summed E-state index contributed by atoms with van der Waals surface area (Å²) in [5, 5.41) is 12.0. The number of nitrogens with one attached hydrogen (secondary N) is 1. The Labute approximate surface area is 134 Å². The van der Waals surface area contributed by atoms with E-state index in [-0.39, 0.29) is 23.6 Å². The molecule has 2 N–H and O–H groups in total. The second-order valence-electron chi connectivity index (χ2n) is 4.81. The molecule has 0 heterocycles. The number of amides is 1. The molecule has 0 saturated carbocycles. The summed E-state index contributed by atoms with van der Waals surface area (Å²) in [5.74, 6) is -1.04. The van der Waals surface area contributed by atoms with Gasteiger partial charge in [-0.05, 0) is 37.6 Å². The average molecular weight is 330 g/mol. The van der Waals surface area contributed by atoms with Gasteiger partial charge in [-0.25, -0.2) is 0 Å². The molecule has 4 nitrogen and oxygen atoms in total. The van der Waals surface area contributed by atoms with Crippen LogP contribution in [-0.2, 0) is 9.59 Å². The zero-order valence-corrected chi connectivity index (χ0v) is 13.7. The third kappa shape index (κ3) is 6.87. The molecule has 0 aliphatic heterocycles. The highest BCUT2D eigenvalue weighted by molar-refractivity contribution is 8.00. The van der Waals surface area contributed by atoms with Crippen molar-refractivity contribution in [3.8, 4) is 0 Å². The monoisotopic (exact) mass is 329 g/mol. The lowest BCUT2D eigenvalue weighted by atomic mass is 10.1. The smallest absolute Gasteiger partial charge is 0.305 e. The molecular weight excluding hydrogens is 310 g/mol. The number of hydrogen-bond donors (Lipinski definition) is 2. The van der Waals surface area contributed by atoms with Gasteiger partial charge in [0.2, 0.25) is 5.91 Å². The molecule has 1 aromatic rings. The molecule has 0 radical (unpaired) electrons. The minimum atomic E-state index is -0.897. The van der Waals surface area contributed by atoms with E-state index in [2.05, 4.69) is 5.32 Å². The number of carbonyl (C=O) groups is 2. The van der Waals surface area contributed by atoms with Crippen LogP contribution in [0.25, 0.3) is 0 Å². The van der Waals surface area contributed by atoms with Gasteiger partial charge in [0, 0.05) is 16.0 Å². The molecule has 2 atom stereocenters. The number of rotatable bonds is 8. The van der Waals surface area contributed by atoms with E-state index in [1.54, 1.807) is 19.1 Å². The highest BCUT2D eigenvalue weighted by atomic mass is 35.5. The average Bonchev–Trinajstić information content (AvgIpc) is 2.40. The number of benzene rings is 1. The second kappa shape index (κ2) is 8.95. The number of carboxylic acids is 1. The maximum absolute atomic E-state index is 12.1. The Morgan fingerprint density at radius 3 is 2.48 bits per heavy atom. The first kappa shape index (κ1) is 17.9. The van der Waals surface area contributed by atoms with Gasteiger partial charge in [0.15, 0.2) is 0 Å². The summed E-state index contributed by atoms with van der Waals surface area (Å²) in [7, 11) is 0. The van der Waals surface area contributed by atoms with E-state index in [0.29, 0.717) is 11.4 Å². The van der Waals surface area contributed by atoms with E-state index >= 15 is 0 Å². The Balaban J connectivity index is 2.55. The second-order valence-corrected chi connectivity index (χ2v) is 6.66. The van der Waals surface area contributed by atoms with E-state index in [0.717, 1.165) is 11.3 Å². The molecule has 0 saturated heterocycles. The molecule has 1 amide bonds. The summed E-state index contributed by atoms with van der Waals surface area (Å²) >= 11 is 7.24. The van der Waals surface area contributed by atoms with E-state index in [1.165, 1.54) is 11.8 Å². The van der Waals surface area contributed by atoms with Crippen molar-refractivity contribution in [1.82, 2.24) is 5.32 Å². The molecule has 116 valence electrons. The molecule has 0 aliphatic carbocycles. The summed E-state index contributed by atoms with van der Waals surface area (Å²) < 4.78 is 0. The normalized spacial score (nSPS) is 13.5. The first-order valence-corrected chi connectivity index (χ1v) is 8.12. The first-order chi connectivity index (χ1) is 9.92. The van der Waals surface area contributed by atoms with Crippen LogP contribution in [-0.4, -0.2) is 28.3 Å². The van der Waals surface area contributed by atoms with Crippen molar-refractivity contribution in [2.24, 2.45) is 0 Å². The Kier molecular flexibility index (Phi) is 7.61. The predicted molar refractivity (Wildman–Crippen MR) is 85.9 cm³/mol. The lowest BCUT2D eigenvalue weighted by molar-refractivity contribution is -0.137. The van der Waals surface area contributed by atoms with Crippen molar-refractivity contribution >= 4 is 35.2 Å². The van der Waals surface area contributed by atoms with Crippen LogP contribution in [0.4, 0.5) is 0 Å². The lowest BCUT2D eigenvalue weighted by Crippen LogP contribution is -2.40. The molecule has 0 bridgehead atoms. The SMILES string of the molecule is CCCC(CC(=O)O)NC(=O)C(C)Sc1ccc(Cl)cc1. The highest BCUT2D eigenvalue weighted by Gasteiger charge is 2.20. The van der Waals surface area contributed by atoms with Crippen LogP contribution in [0.2, 0.25) is 5.02 Å². The van der Waals surface area contributed by atoms with Gasteiger partial charge in [0.05, 0.1) is 11.7 Å². The van der Waals surface area contributed by atoms with Crippen molar-refractivity contribution < 1.29 is 14.7 Å². The molecule has 0 aliphatic rings. The standard InChI is InChI=1S/C15H20ClNO3S/c1-3-4-12(9-14(18)19)17-15(20)10(2)21-13-7-5-11(16)6-8-13/h5-8,10,12H,3-4,9H2,1-2H3,(H,17,20)(H,18,19). The largest absolute Gasteiger partial charge is 0.481 e. The molecule has 2 unspecified atom stereocenters. The van der Waals surface area contributed by atoms with Crippen LogP contribution in [0.3, 0.4) is 0 Å². The van der Waals surface area contributed by atoms with Gasteiger partial charge in [0.1, 0.15) is 0 Å². The predicted octanol–water partition coefficient (Wildman–Crippen LogP) is 3.58. The molecule has 1 rings (SSSR count). The van der Waals surface area contributed by atoms with E-state index in [4.69, 9.17) is 16.7 Å². The number of aliphatic carboxylic acids is 1. The molecule has 0 spiro atoms. The Bertz CT molecular complexity index is 478. The zero-order valence-electron chi connectivity index (χ0n) is 12.1. The Morgan fingerprint density at radius 1 is 1.33 bits per heavy atom. The lowest BCUT2D eigenvalue weighted by Gasteiger charge is -2.19.